The molecule has 2 N–H and O–H groups in total. The molecule has 0 heterocycles. The number of halogens is 2. The highest BCUT2D eigenvalue weighted by Gasteiger charge is 2.27. The molecular formula is C10H12BrFN2O3S. The van der Waals surface area contributed by atoms with Crippen molar-refractivity contribution in [3.63, 3.8) is 0 Å². The van der Waals surface area contributed by atoms with Crippen molar-refractivity contribution in [1.29, 1.82) is 0 Å². The van der Waals surface area contributed by atoms with Crippen LogP contribution >= 0.6 is 15.9 Å². The van der Waals surface area contributed by atoms with Gasteiger partial charge in [0.2, 0.25) is 15.9 Å². The second-order valence-corrected chi connectivity index (χ2v) is 6.29. The normalized spacial score (nSPS) is 11.8. The molecule has 0 atom stereocenters. The van der Waals surface area contributed by atoms with Gasteiger partial charge in [0.15, 0.2) is 0 Å². The van der Waals surface area contributed by atoms with Gasteiger partial charge in [-0.25, -0.2) is 12.8 Å². The number of likely N-dealkylation sites (N-methyl/N-ethyl adjacent to an activating group) is 1. The van der Waals surface area contributed by atoms with Gasteiger partial charge in [-0.1, -0.05) is 22.9 Å². The summed E-state index contributed by atoms with van der Waals surface area (Å²) in [7, 11) is -4.06. The van der Waals surface area contributed by atoms with Crippen LogP contribution in [0.25, 0.3) is 0 Å². The summed E-state index contributed by atoms with van der Waals surface area (Å²) in [6.07, 6.45) is 0. The third kappa shape index (κ3) is 3.27. The quantitative estimate of drug-likeness (QED) is 0.872. The molecule has 1 amide bonds. The predicted molar refractivity (Wildman–Crippen MR) is 67.7 cm³/mol. The number of nitrogens with two attached hydrogens (primary N) is 1. The summed E-state index contributed by atoms with van der Waals surface area (Å²) >= 11 is 3.03. The number of hydrogen-bond acceptors (Lipinski definition) is 3. The Morgan fingerprint density at radius 2 is 2.11 bits per heavy atom. The van der Waals surface area contributed by atoms with E-state index in [1.165, 1.54) is 13.0 Å². The van der Waals surface area contributed by atoms with E-state index >= 15 is 0 Å². The third-order valence-corrected chi connectivity index (χ3v) is 4.64. The van der Waals surface area contributed by atoms with Crippen LogP contribution in [0.15, 0.2) is 27.6 Å². The summed E-state index contributed by atoms with van der Waals surface area (Å²) in [6.45, 7) is 1.09. The van der Waals surface area contributed by atoms with E-state index in [2.05, 4.69) is 15.9 Å². The number of amides is 1. The van der Waals surface area contributed by atoms with Crippen LogP contribution in [-0.2, 0) is 14.8 Å². The minimum Gasteiger partial charge on any atom is -0.369 e. The number of nitrogens with zero attached hydrogens (tertiary/aromatic N) is 1. The van der Waals surface area contributed by atoms with Crippen molar-refractivity contribution >= 4 is 31.9 Å². The largest absolute Gasteiger partial charge is 0.369 e. The minimum atomic E-state index is -4.06. The van der Waals surface area contributed by atoms with E-state index in [0.29, 0.717) is 4.47 Å². The van der Waals surface area contributed by atoms with E-state index in [-0.39, 0.29) is 6.54 Å². The maximum atomic E-state index is 13.6. The predicted octanol–water partition coefficient (Wildman–Crippen LogP) is 1.08. The number of rotatable bonds is 5. The molecule has 0 aliphatic carbocycles. The number of hydrogen-bond donors (Lipinski definition) is 1. The molecule has 0 aliphatic heterocycles. The Morgan fingerprint density at radius 3 is 2.56 bits per heavy atom. The van der Waals surface area contributed by atoms with E-state index in [0.717, 1.165) is 16.4 Å². The van der Waals surface area contributed by atoms with Crippen LogP contribution in [-0.4, -0.2) is 31.7 Å². The van der Waals surface area contributed by atoms with Crippen molar-refractivity contribution in [1.82, 2.24) is 4.31 Å². The Hall–Kier alpha value is -0.990. The summed E-state index contributed by atoms with van der Waals surface area (Å²) < 4.78 is 39.1. The maximum absolute atomic E-state index is 13.6. The first-order chi connectivity index (χ1) is 8.28. The summed E-state index contributed by atoms with van der Waals surface area (Å²) in [5.41, 5.74) is 4.96. The molecule has 8 heteroatoms. The fourth-order valence-corrected chi connectivity index (χ4v) is 3.16. The van der Waals surface area contributed by atoms with Crippen LogP contribution in [0, 0.1) is 5.82 Å². The van der Waals surface area contributed by atoms with E-state index in [1.807, 2.05) is 0 Å². The van der Waals surface area contributed by atoms with Crippen molar-refractivity contribution in [2.75, 3.05) is 13.1 Å². The first kappa shape index (κ1) is 15.1. The van der Waals surface area contributed by atoms with Crippen molar-refractivity contribution in [2.45, 2.75) is 11.8 Å². The summed E-state index contributed by atoms with van der Waals surface area (Å²) in [5, 5.41) is 0. The average Bonchev–Trinajstić information content (AvgIpc) is 2.24. The topological polar surface area (TPSA) is 80.5 Å². The fourth-order valence-electron chi connectivity index (χ4n) is 1.36. The first-order valence-electron chi connectivity index (χ1n) is 5.02. The molecule has 0 saturated heterocycles. The van der Waals surface area contributed by atoms with Crippen molar-refractivity contribution in [3.05, 3.63) is 28.5 Å². The zero-order chi connectivity index (χ0) is 13.9. The Morgan fingerprint density at radius 1 is 1.50 bits per heavy atom. The van der Waals surface area contributed by atoms with Crippen molar-refractivity contribution in [3.8, 4) is 0 Å². The molecule has 0 bridgehead atoms. The minimum absolute atomic E-state index is 0.0285. The Labute approximate surface area is 113 Å². The summed E-state index contributed by atoms with van der Waals surface area (Å²) in [5.74, 6) is -1.68. The van der Waals surface area contributed by atoms with Crippen LogP contribution in [0.4, 0.5) is 4.39 Å². The Kier molecular flexibility index (Phi) is 4.83. The molecule has 0 unspecified atom stereocenters. The fraction of sp³-hybridized carbons (Fsp3) is 0.300. The molecule has 1 rings (SSSR count). The lowest BCUT2D eigenvalue weighted by Gasteiger charge is -2.19. The molecule has 0 spiro atoms. The molecule has 0 radical (unpaired) electrons. The Balaban J connectivity index is 3.23. The van der Waals surface area contributed by atoms with Crippen LogP contribution in [0.2, 0.25) is 0 Å². The van der Waals surface area contributed by atoms with E-state index in [4.69, 9.17) is 5.73 Å². The molecule has 1 aromatic carbocycles. The lowest BCUT2D eigenvalue weighted by Crippen LogP contribution is -2.38. The van der Waals surface area contributed by atoms with Crippen molar-refractivity contribution < 1.29 is 17.6 Å². The summed E-state index contributed by atoms with van der Waals surface area (Å²) in [6, 6.07) is 3.59. The maximum Gasteiger partial charge on any atom is 0.246 e. The molecule has 0 aliphatic rings. The molecular weight excluding hydrogens is 327 g/mol. The molecule has 0 fully saturated rings. The smallest absolute Gasteiger partial charge is 0.246 e. The highest BCUT2D eigenvalue weighted by Crippen LogP contribution is 2.22. The highest BCUT2D eigenvalue weighted by molar-refractivity contribution is 9.10. The second-order valence-electron chi connectivity index (χ2n) is 3.47. The van der Waals surface area contributed by atoms with Crippen LogP contribution in [0.5, 0.6) is 0 Å². The van der Waals surface area contributed by atoms with Gasteiger partial charge in [-0.15, -0.1) is 0 Å². The lowest BCUT2D eigenvalue weighted by atomic mass is 10.3. The van der Waals surface area contributed by atoms with Gasteiger partial charge < -0.3 is 5.73 Å². The number of benzene rings is 1. The molecule has 5 nitrogen and oxygen atoms in total. The zero-order valence-electron chi connectivity index (χ0n) is 9.56. The highest BCUT2D eigenvalue weighted by atomic mass is 79.9. The van der Waals surface area contributed by atoms with Crippen LogP contribution in [0.3, 0.4) is 0 Å². The molecule has 1 aromatic rings. The van der Waals surface area contributed by atoms with Gasteiger partial charge in [0.25, 0.3) is 0 Å². The van der Waals surface area contributed by atoms with Gasteiger partial charge in [-0.3, -0.25) is 4.79 Å². The molecule has 100 valence electrons. The molecule has 0 saturated carbocycles. The van der Waals surface area contributed by atoms with Gasteiger partial charge in [-0.2, -0.15) is 4.31 Å². The zero-order valence-corrected chi connectivity index (χ0v) is 12.0. The van der Waals surface area contributed by atoms with E-state index < -0.39 is 33.2 Å². The van der Waals surface area contributed by atoms with E-state index in [9.17, 15) is 17.6 Å². The third-order valence-electron chi connectivity index (χ3n) is 2.20. The SMILES string of the molecule is CCN(CC(N)=O)S(=O)(=O)c1ccc(Br)cc1F. The van der Waals surface area contributed by atoms with Gasteiger partial charge in [0.1, 0.15) is 10.7 Å². The van der Waals surface area contributed by atoms with Gasteiger partial charge in [-0.05, 0) is 18.2 Å². The van der Waals surface area contributed by atoms with E-state index in [1.54, 1.807) is 0 Å². The second kappa shape index (κ2) is 5.77. The Bertz CT molecular complexity index is 562. The lowest BCUT2D eigenvalue weighted by molar-refractivity contribution is -0.118. The number of sulfonamides is 1. The molecule has 0 aromatic heterocycles. The van der Waals surface area contributed by atoms with Crippen LogP contribution < -0.4 is 5.73 Å². The van der Waals surface area contributed by atoms with Gasteiger partial charge in [0, 0.05) is 11.0 Å². The van der Waals surface area contributed by atoms with Crippen molar-refractivity contribution in [2.24, 2.45) is 5.73 Å². The number of primary amides is 1. The van der Waals surface area contributed by atoms with Gasteiger partial charge >= 0.3 is 0 Å². The van der Waals surface area contributed by atoms with Gasteiger partial charge in [0.05, 0.1) is 6.54 Å². The monoisotopic (exact) mass is 338 g/mol. The average molecular weight is 339 g/mol. The number of carbonyl (C=O) groups excluding carboxylic acids is 1. The number of carbonyl (C=O) groups is 1. The molecule has 18 heavy (non-hydrogen) atoms. The van der Waals surface area contributed by atoms with Crippen LogP contribution in [0.1, 0.15) is 6.92 Å². The standard InChI is InChI=1S/C10H12BrFN2O3S/c1-2-14(6-10(13)15)18(16,17)9-4-3-7(11)5-8(9)12/h3-5H,2,6H2,1H3,(H2,13,15). The summed E-state index contributed by atoms with van der Waals surface area (Å²) in [4.78, 5) is 10.3. The first-order valence-corrected chi connectivity index (χ1v) is 7.26.